The van der Waals surface area contributed by atoms with Crippen LogP contribution >= 0.6 is 0 Å². The molecule has 0 bridgehead atoms. The Hall–Kier alpha value is -3.02. The normalized spacial score (nSPS) is 17.1. The Bertz CT molecular complexity index is 1050. The summed E-state index contributed by atoms with van der Waals surface area (Å²) in [5.41, 5.74) is 5.21. The molecule has 6 heteroatoms. The zero-order valence-corrected chi connectivity index (χ0v) is 16.2. The smallest absolute Gasteiger partial charge is 0.259 e. The number of fused-ring (bicyclic) bond motifs is 1. The molecule has 0 radical (unpaired) electrons. The summed E-state index contributed by atoms with van der Waals surface area (Å²) in [5.74, 6) is 1.87. The van der Waals surface area contributed by atoms with E-state index in [1.54, 1.807) is 12.5 Å². The second-order valence-electron chi connectivity index (χ2n) is 7.95. The molecule has 6 nitrogen and oxygen atoms in total. The minimum absolute atomic E-state index is 0.0809. The van der Waals surface area contributed by atoms with Gasteiger partial charge in [-0.25, -0.2) is 0 Å². The third-order valence-corrected chi connectivity index (χ3v) is 5.89. The number of pyridine rings is 1. The van der Waals surface area contributed by atoms with Crippen LogP contribution in [0.4, 0.5) is 5.69 Å². The predicted molar refractivity (Wildman–Crippen MR) is 106 cm³/mol. The highest BCUT2D eigenvalue weighted by Gasteiger charge is 2.36. The molecule has 1 aromatic carbocycles. The van der Waals surface area contributed by atoms with Crippen LogP contribution in [0.5, 0.6) is 0 Å². The quantitative estimate of drug-likeness (QED) is 0.686. The Labute approximate surface area is 164 Å². The van der Waals surface area contributed by atoms with Gasteiger partial charge >= 0.3 is 0 Å². The third-order valence-electron chi connectivity index (χ3n) is 5.89. The van der Waals surface area contributed by atoms with Crippen LogP contribution in [0.1, 0.15) is 64.6 Å². The van der Waals surface area contributed by atoms with Gasteiger partial charge in [-0.1, -0.05) is 19.1 Å². The second kappa shape index (κ2) is 6.55. The molecule has 0 saturated heterocycles. The van der Waals surface area contributed by atoms with Gasteiger partial charge in [-0.3, -0.25) is 9.78 Å². The van der Waals surface area contributed by atoms with Crippen molar-refractivity contribution in [2.45, 2.75) is 44.6 Å². The van der Waals surface area contributed by atoms with Gasteiger partial charge in [0, 0.05) is 48.1 Å². The molecule has 142 valence electrons. The number of hydrogen-bond acceptors (Lipinski definition) is 4. The molecule has 1 aliphatic carbocycles. The Morgan fingerprint density at radius 2 is 2.11 bits per heavy atom. The van der Waals surface area contributed by atoms with Crippen molar-refractivity contribution >= 4 is 11.6 Å². The summed E-state index contributed by atoms with van der Waals surface area (Å²) < 4.78 is 1.95. The van der Waals surface area contributed by atoms with Crippen LogP contribution in [0.3, 0.4) is 0 Å². The van der Waals surface area contributed by atoms with Crippen LogP contribution in [-0.2, 0) is 20.0 Å². The molecular formula is C22H23N5O. The van der Waals surface area contributed by atoms with E-state index in [0.29, 0.717) is 12.5 Å². The number of rotatable bonds is 5. The van der Waals surface area contributed by atoms with Crippen molar-refractivity contribution in [2.75, 3.05) is 4.90 Å². The van der Waals surface area contributed by atoms with E-state index >= 15 is 0 Å². The minimum atomic E-state index is 0.0809. The zero-order valence-electron chi connectivity index (χ0n) is 16.2. The van der Waals surface area contributed by atoms with Crippen molar-refractivity contribution in [3.05, 3.63) is 71.1 Å². The molecule has 3 aromatic rings. The van der Waals surface area contributed by atoms with Crippen LogP contribution in [0.15, 0.2) is 42.9 Å². The molecule has 1 amide bonds. The molecule has 28 heavy (non-hydrogen) atoms. The fourth-order valence-corrected chi connectivity index (χ4v) is 4.05. The van der Waals surface area contributed by atoms with Crippen LogP contribution in [0.25, 0.3) is 0 Å². The maximum atomic E-state index is 13.1. The summed E-state index contributed by atoms with van der Waals surface area (Å²) in [4.78, 5) is 19.5. The lowest BCUT2D eigenvalue weighted by atomic mass is 9.97. The highest BCUT2D eigenvalue weighted by atomic mass is 16.2. The lowest BCUT2D eigenvalue weighted by Gasteiger charge is -2.19. The molecule has 3 heterocycles. The van der Waals surface area contributed by atoms with Gasteiger partial charge in [0.25, 0.3) is 5.91 Å². The van der Waals surface area contributed by atoms with E-state index in [1.807, 2.05) is 34.7 Å². The van der Waals surface area contributed by atoms with Gasteiger partial charge in [-0.05, 0) is 42.5 Å². The van der Waals surface area contributed by atoms with Crippen molar-refractivity contribution in [3.8, 4) is 0 Å². The van der Waals surface area contributed by atoms with Crippen molar-refractivity contribution in [2.24, 2.45) is 7.05 Å². The fourth-order valence-electron chi connectivity index (χ4n) is 4.05. The van der Waals surface area contributed by atoms with Gasteiger partial charge in [-0.15, -0.1) is 10.2 Å². The number of nitrogens with zero attached hydrogens (tertiary/aromatic N) is 5. The van der Waals surface area contributed by atoms with E-state index in [1.165, 1.54) is 18.4 Å². The fraction of sp³-hybridized carbons (Fsp3) is 0.364. The highest BCUT2D eigenvalue weighted by Crippen LogP contribution is 2.43. The topological polar surface area (TPSA) is 63.9 Å². The largest absolute Gasteiger partial charge is 0.321 e. The number of aromatic nitrogens is 4. The molecule has 1 aliphatic heterocycles. The molecule has 1 fully saturated rings. The average molecular weight is 373 g/mol. The van der Waals surface area contributed by atoms with Crippen molar-refractivity contribution in [1.82, 2.24) is 19.7 Å². The molecule has 2 aliphatic rings. The third kappa shape index (κ3) is 2.89. The lowest BCUT2D eigenvalue weighted by Crippen LogP contribution is -2.23. The van der Waals surface area contributed by atoms with Gasteiger partial charge in [0.2, 0.25) is 0 Å². The van der Waals surface area contributed by atoms with Gasteiger partial charge in [0.1, 0.15) is 12.2 Å². The van der Waals surface area contributed by atoms with Crippen LogP contribution in [0, 0.1) is 0 Å². The first kappa shape index (κ1) is 17.1. The number of benzene rings is 1. The van der Waals surface area contributed by atoms with Crippen LogP contribution in [-0.4, -0.2) is 25.7 Å². The Balaban J connectivity index is 1.41. The van der Waals surface area contributed by atoms with Gasteiger partial charge in [0.15, 0.2) is 0 Å². The summed E-state index contributed by atoms with van der Waals surface area (Å²) in [6, 6.07) is 10.2. The summed E-state index contributed by atoms with van der Waals surface area (Å²) in [7, 11) is 1.96. The number of carbonyl (C=O) groups is 1. The zero-order chi connectivity index (χ0) is 19.3. The monoisotopic (exact) mass is 373 g/mol. The first-order chi connectivity index (χ1) is 13.6. The average Bonchev–Trinajstić information content (AvgIpc) is 3.40. The molecule has 0 N–H and O–H groups in total. The van der Waals surface area contributed by atoms with Gasteiger partial charge in [0.05, 0.1) is 6.54 Å². The lowest BCUT2D eigenvalue weighted by molar-refractivity contribution is 0.0996. The standard InChI is InChI=1S/C22H23N5O/c1-14(10-20-25-24-13-26(20)2)16-4-3-5-17(11-16)27-12-19-18(22(27)28)8-9-23-21(19)15-6-7-15/h3-5,8-9,11,13-15H,6-7,10,12H2,1-2H3/t14-/m1/s1. The van der Waals surface area contributed by atoms with Crippen molar-refractivity contribution < 1.29 is 4.79 Å². The first-order valence-corrected chi connectivity index (χ1v) is 9.84. The maximum absolute atomic E-state index is 13.1. The van der Waals surface area contributed by atoms with Crippen molar-refractivity contribution in [1.29, 1.82) is 0 Å². The van der Waals surface area contributed by atoms with E-state index < -0.39 is 0 Å². The van der Waals surface area contributed by atoms with E-state index in [0.717, 1.165) is 34.8 Å². The molecule has 0 unspecified atom stereocenters. The number of hydrogen-bond donors (Lipinski definition) is 0. The van der Waals surface area contributed by atoms with Crippen LogP contribution in [0.2, 0.25) is 0 Å². The van der Waals surface area contributed by atoms with E-state index in [4.69, 9.17) is 0 Å². The number of carbonyl (C=O) groups excluding carboxylic acids is 1. The highest BCUT2D eigenvalue weighted by molar-refractivity contribution is 6.10. The summed E-state index contributed by atoms with van der Waals surface area (Å²) in [5, 5.41) is 8.16. The molecule has 0 spiro atoms. The van der Waals surface area contributed by atoms with Gasteiger partial charge < -0.3 is 9.47 Å². The van der Waals surface area contributed by atoms with Gasteiger partial charge in [-0.2, -0.15) is 0 Å². The summed E-state index contributed by atoms with van der Waals surface area (Å²) in [6.45, 7) is 2.80. The Morgan fingerprint density at radius 1 is 1.25 bits per heavy atom. The summed E-state index contributed by atoms with van der Waals surface area (Å²) in [6.07, 6.45) is 6.70. The molecule has 2 aromatic heterocycles. The second-order valence-corrected chi connectivity index (χ2v) is 7.95. The predicted octanol–water partition coefficient (Wildman–Crippen LogP) is 3.59. The summed E-state index contributed by atoms with van der Waals surface area (Å²) >= 11 is 0. The Morgan fingerprint density at radius 3 is 2.86 bits per heavy atom. The Kier molecular flexibility index (Phi) is 4.00. The van der Waals surface area contributed by atoms with E-state index in [2.05, 4.69) is 34.2 Å². The molecule has 5 rings (SSSR count). The number of amides is 1. The molecular weight excluding hydrogens is 350 g/mol. The van der Waals surface area contributed by atoms with E-state index in [9.17, 15) is 4.79 Å². The SMILES string of the molecule is C[C@H](Cc1nncn1C)c1cccc(N2Cc3c(ccnc3C3CC3)C2=O)c1. The maximum Gasteiger partial charge on any atom is 0.259 e. The molecule has 1 atom stereocenters. The minimum Gasteiger partial charge on any atom is -0.321 e. The molecule has 1 saturated carbocycles. The van der Waals surface area contributed by atoms with Crippen LogP contribution < -0.4 is 4.90 Å². The van der Waals surface area contributed by atoms with E-state index in [-0.39, 0.29) is 11.8 Å². The number of anilines is 1. The first-order valence-electron chi connectivity index (χ1n) is 9.84. The number of aryl methyl sites for hydroxylation is 1. The van der Waals surface area contributed by atoms with Crippen molar-refractivity contribution in [3.63, 3.8) is 0 Å².